The Morgan fingerprint density at radius 3 is 2.73 bits per heavy atom. The van der Waals surface area contributed by atoms with Crippen LogP contribution in [0.15, 0.2) is 0 Å². The van der Waals surface area contributed by atoms with Crippen molar-refractivity contribution in [1.29, 1.82) is 0 Å². The predicted molar refractivity (Wildman–Crippen MR) is 43.3 cm³/mol. The van der Waals surface area contributed by atoms with Gasteiger partial charge in [0.2, 0.25) is 0 Å². The third-order valence-corrected chi connectivity index (χ3v) is 2.79. The fourth-order valence-corrected chi connectivity index (χ4v) is 1.82. The number of rotatable bonds is 2. The van der Waals surface area contributed by atoms with Gasteiger partial charge in [0, 0.05) is 6.54 Å². The second-order valence-corrected chi connectivity index (χ2v) is 3.58. The number of nitrogens with two attached hydrogens (primary N) is 1. The molecule has 11 heavy (non-hydrogen) atoms. The summed E-state index contributed by atoms with van der Waals surface area (Å²) in [5, 5.41) is 0. The van der Waals surface area contributed by atoms with Crippen LogP contribution in [0.25, 0.3) is 0 Å². The maximum Gasteiger partial charge on any atom is 0.0645 e. The number of likely N-dealkylation sites (tertiary alicyclic amines) is 1. The van der Waals surface area contributed by atoms with E-state index in [1.807, 2.05) is 0 Å². The molecule has 0 amide bonds. The molecule has 2 fully saturated rings. The first kappa shape index (κ1) is 7.53. The summed E-state index contributed by atoms with van der Waals surface area (Å²) in [7, 11) is 0. The average molecular weight is 156 g/mol. The van der Waals surface area contributed by atoms with Crippen molar-refractivity contribution < 1.29 is 4.74 Å². The van der Waals surface area contributed by atoms with Crippen molar-refractivity contribution in [2.24, 2.45) is 11.7 Å². The van der Waals surface area contributed by atoms with Crippen LogP contribution in [0.5, 0.6) is 0 Å². The summed E-state index contributed by atoms with van der Waals surface area (Å²) < 4.78 is 5.14. The summed E-state index contributed by atoms with van der Waals surface area (Å²) in [6.45, 7) is 5.17. The molecule has 2 N–H and O–H groups in total. The molecule has 2 rings (SSSR count). The van der Waals surface area contributed by atoms with Crippen LogP contribution in [0.3, 0.4) is 0 Å². The lowest BCUT2D eigenvalue weighted by Gasteiger charge is -2.34. The maximum atomic E-state index is 5.60. The van der Waals surface area contributed by atoms with Crippen molar-refractivity contribution >= 4 is 0 Å². The van der Waals surface area contributed by atoms with E-state index in [0.717, 1.165) is 25.7 Å². The number of nitrogens with zero attached hydrogens (tertiary/aromatic N) is 1. The molecule has 2 heterocycles. The van der Waals surface area contributed by atoms with Gasteiger partial charge in [-0.3, -0.25) is 4.90 Å². The molecule has 0 aliphatic carbocycles. The van der Waals surface area contributed by atoms with Crippen LogP contribution >= 0.6 is 0 Å². The highest BCUT2D eigenvalue weighted by molar-refractivity contribution is 4.84. The molecular formula is C8H16N2O. The molecular weight excluding hydrogens is 140 g/mol. The maximum absolute atomic E-state index is 5.60. The average Bonchev–Trinajstić information content (AvgIpc) is 2.32. The van der Waals surface area contributed by atoms with Gasteiger partial charge in [0.25, 0.3) is 0 Å². The molecule has 0 aromatic rings. The Balaban J connectivity index is 1.79. The molecule has 0 spiro atoms. The van der Waals surface area contributed by atoms with Crippen LogP contribution in [-0.2, 0) is 4.74 Å². The molecule has 0 aromatic heterocycles. The molecule has 64 valence electrons. The van der Waals surface area contributed by atoms with Crippen LogP contribution in [0, 0.1) is 5.92 Å². The predicted octanol–water partition coefficient (Wildman–Crippen LogP) is -0.334. The highest BCUT2D eigenvalue weighted by atomic mass is 16.5. The summed E-state index contributed by atoms with van der Waals surface area (Å²) in [5.74, 6) is 0.746. The molecule has 2 aliphatic heterocycles. The minimum absolute atomic E-state index is 0.714. The fourth-order valence-electron chi connectivity index (χ4n) is 1.82. The lowest BCUT2D eigenvalue weighted by atomic mass is 10.1. The first-order valence-electron chi connectivity index (χ1n) is 4.42. The number of ether oxygens (including phenoxy) is 1. The van der Waals surface area contributed by atoms with Crippen molar-refractivity contribution in [3.05, 3.63) is 0 Å². The molecule has 2 saturated heterocycles. The lowest BCUT2D eigenvalue weighted by molar-refractivity contribution is -0.0579. The van der Waals surface area contributed by atoms with Gasteiger partial charge in [-0.25, -0.2) is 0 Å². The fraction of sp³-hybridized carbons (Fsp3) is 1.00. The molecule has 1 atom stereocenters. The van der Waals surface area contributed by atoms with Crippen molar-refractivity contribution in [3.63, 3.8) is 0 Å². The van der Waals surface area contributed by atoms with Crippen molar-refractivity contribution in [3.8, 4) is 0 Å². The summed E-state index contributed by atoms with van der Waals surface area (Å²) in [6.07, 6.45) is 1.28. The van der Waals surface area contributed by atoms with E-state index in [9.17, 15) is 0 Å². The van der Waals surface area contributed by atoms with Gasteiger partial charge < -0.3 is 10.5 Å². The van der Waals surface area contributed by atoms with Crippen LogP contribution in [0.1, 0.15) is 6.42 Å². The van der Waals surface area contributed by atoms with Gasteiger partial charge in [0.05, 0.1) is 19.3 Å². The van der Waals surface area contributed by atoms with E-state index in [0.29, 0.717) is 6.04 Å². The SMILES string of the molecule is NC[C@@H]1CCN(C2COC2)C1. The van der Waals surface area contributed by atoms with E-state index >= 15 is 0 Å². The summed E-state index contributed by atoms with van der Waals surface area (Å²) in [5.41, 5.74) is 5.60. The summed E-state index contributed by atoms with van der Waals surface area (Å²) in [4.78, 5) is 2.51. The molecule has 0 bridgehead atoms. The van der Waals surface area contributed by atoms with Gasteiger partial charge in [0.1, 0.15) is 0 Å². The minimum Gasteiger partial charge on any atom is -0.378 e. The summed E-state index contributed by atoms with van der Waals surface area (Å²) >= 11 is 0. The van der Waals surface area contributed by atoms with Crippen molar-refractivity contribution in [2.45, 2.75) is 12.5 Å². The van der Waals surface area contributed by atoms with Gasteiger partial charge in [-0.05, 0) is 25.4 Å². The van der Waals surface area contributed by atoms with Crippen LogP contribution in [0.2, 0.25) is 0 Å². The quantitative estimate of drug-likeness (QED) is 0.595. The highest BCUT2D eigenvalue weighted by Crippen LogP contribution is 2.20. The number of hydrogen-bond donors (Lipinski definition) is 1. The normalized spacial score (nSPS) is 34.1. The second-order valence-electron chi connectivity index (χ2n) is 3.58. The van der Waals surface area contributed by atoms with Crippen LogP contribution < -0.4 is 5.73 Å². The molecule has 0 saturated carbocycles. The van der Waals surface area contributed by atoms with Crippen molar-refractivity contribution in [2.75, 3.05) is 32.8 Å². The van der Waals surface area contributed by atoms with Crippen LogP contribution in [0.4, 0.5) is 0 Å². The largest absolute Gasteiger partial charge is 0.378 e. The first-order chi connectivity index (χ1) is 5.40. The van der Waals surface area contributed by atoms with Gasteiger partial charge in [-0.2, -0.15) is 0 Å². The Bertz CT molecular complexity index is 136. The second kappa shape index (κ2) is 3.09. The topological polar surface area (TPSA) is 38.5 Å². The van der Waals surface area contributed by atoms with Gasteiger partial charge in [0.15, 0.2) is 0 Å². The molecule has 3 heteroatoms. The van der Waals surface area contributed by atoms with Crippen LogP contribution in [-0.4, -0.2) is 43.8 Å². The monoisotopic (exact) mass is 156 g/mol. The molecule has 0 aromatic carbocycles. The third kappa shape index (κ3) is 1.41. The minimum atomic E-state index is 0.714. The Hall–Kier alpha value is -0.120. The van der Waals surface area contributed by atoms with Gasteiger partial charge >= 0.3 is 0 Å². The molecule has 2 aliphatic rings. The van der Waals surface area contributed by atoms with Gasteiger partial charge in [-0.1, -0.05) is 0 Å². The third-order valence-electron chi connectivity index (χ3n) is 2.79. The summed E-state index contributed by atoms with van der Waals surface area (Å²) in [6, 6.07) is 0.714. The van der Waals surface area contributed by atoms with Gasteiger partial charge in [-0.15, -0.1) is 0 Å². The van der Waals surface area contributed by atoms with E-state index in [1.54, 1.807) is 0 Å². The Kier molecular flexibility index (Phi) is 2.11. The first-order valence-corrected chi connectivity index (χ1v) is 4.42. The standard InChI is InChI=1S/C8H16N2O/c9-3-7-1-2-10(4-7)8-5-11-6-8/h7-8H,1-6,9H2/t7-/m0/s1. The zero-order valence-electron chi connectivity index (χ0n) is 6.83. The van der Waals surface area contributed by atoms with E-state index in [2.05, 4.69) is 4.90 Å². The zero-order chi connectivity index (χ0) is 7.68. The smallest absolute Gasteiger partial charge is 0.0645 e. The Labute approximate surface area is 67.5 Å². The zero-order valence-corrected chi connectivity index (χ0v) is 6.83. The van der Waals surface area contributed by atoms with Crippen molar-refractivity contribution in [1.82, 2.24) is 4.90 Å². The Morgan fingerprint density at radius 1 is 1.45 bits per heavy atom. The molecule has 3 nitrogen and oxygen atoms in total. The molecule has 0 radical (unpaired) electrons. The number of hydrogen-bond acceptors (Lipinski definition) is 3. The lowest BCUT2D eigenvalue weighted by Crippen LogP contribution is -2.48. The van der Waals surface area contributed by atoms with E-state index in [1.165, 1.54) is 19.5 Å². The molecule has 0 unspecified atom stereocenters. The Morgan fingerprint density at radius 2 is 2.27 bits per heavy atom. The van der Waals surface area contributed by atoms with E-state index < -0.39 is 0 Å². The van der Waals surface area contributed by atoms with E-state index in [4.69, 9.17) is 10.5 Å². The van der Waals surface area contributed by atoms with E-state index in [-0.39, 0.29) is 0 Å². The highest BCUT2D eigenvalue weighted by Gasteiger charge is 2.31.